The SMILES string of the molecule is COC(=O)c1ccc2nn(Cc3ccccc3OCC(C)C)cc2c1. The van der Waals surface area contributed by atoms with Crippen molar-refractivity contribution >= 4 is 16.9 Å². The molecule has 0 saturated carbocycles. The van der Waals surface area contributed by atoms with Crippen molar-refractivity contribution in [1.29, 1.82) is 0 Å². The Morgan fingerprint density at radius 3 is 2.76 bits per heavy atom. The van der Waals surface area contributed by atoms with Crippen LogP contribution in [0.2, 0.25) is 0 Å². The molecule has 0 aliphatic carbocycles. The lowest BCUT2D eigenvalue weighted by atomic mass is 10.1. The quantitative estimate of drug-likeness (QED) is 0.640. The third-order valence-electron chi connectivity index (χ3n) is 3.85. The number of fused-ring (bicyclic) bond motifs is 1. The van der Waals surface area contributed by atoms with Gasteiger partial charge in [0.05, 0.1) is 31.3 Å². The number of methoxy groups -OCH3 is 1. The van der Waals surface area contributed by atoms with Gasteiger partial charge in [0, 0.05) is 17.1 Å². The topological polar surface area (TPSA) is 53.3 Å². The first-order chi connectivity index (χ1) is 12.1. The van der Waals surface area contributed by atoms with E-state index in [-0.39, 0.29) is 5.97 Å². The normalized spacial score (nSPS) is 11.0. The van der Waals surface area contributed by atoms with Gasteiger partial charge in [-0.1, -0.05) is 32.0 Å². The second kappa shape index (κ2) is 7.38. The molecule has 0 saturated heterocycles. The van der Waals surface area contributed by atoms with E-state index in [1.54, 1.807) is 12.1 Å². The van der Waals surface area contributed by atoms with E-state index in [1.807, 2.05) is 41.2 Å². The lowest BCUT2D eigenvalue weighted by molar-refractivity contribution is 0.0601. The molecule has 0 radical (unpaired) electrons. The summed E-state index contributed by atoms with van der Waals surface area (Å²) < 4.78 is 12.5. The van der Waals surface area contributed by atoms with Crippen molar-refractivity contribution in [3.8, 4) is 5.75 Å². The molecule has 0 unspecified atom stereocenters. The van der Waals surface area contributed by atoms with Crippen LogP contribution in [-0.2, 0) is 11.3 Å². The Kier molecular flexibility index (Phi) is 5.03. The van der Waals surface area contributed by atoms with Crippen LogP contribution in [0.1, 0.15) is 29.8 Å². The summed E-state index contributed by atoms with van der Waals surface area (Å²) in [4.78, 5) is 11.7. The molecule has 0 atom stereocenters. The molecule has 5 heteroatoms. The van der Waals surface area contributed by atoms with E-state index < -0.39 is 0 Å². The van der Waals surface area contributed by atoms with Gasteiger partial charge in [0.25, 0.3) is 0 Å². The van der Waals surface area contributed by atoms with Gasteiger partial charge in [-0.15, -0.1) is 0 Å². The Balaban J connectivity index is 1.85. The van der Waals surface area contributed by atoms with Gasteiger partial charge in [0.15, 0.2) is 0 Å². The first kappa shape index (κ1) is 17.0. The van der Waals surface area contributed by atoms with Gasteiger partial charge in [-0.05, 0) is 30.2 Å². The number of carbonyl (C=O) groups is 1. The smallest absolute Gasteiger partial charge is 0.337 e. The Hall–Kier alpha value is -2.82. The third kappa shape index (κ3) is 3.99. The number of hydrogen-bond donors (Lipinski definition) is 0. The highest BCUT2D eigenvalue weighted by Gasteiger charge is 2.10. The summed E-state index contributed by atoms with van der Waals surface area (Å²) in [7, 11) is 1.38. The van der Waals surface area contributed by atoms with Gasteiger partial charge in [-0.3, -0.25) is 4.68 Å². The molecule has 5 nitrogen and oxygen atoms in total. The zero-order valence-electron chi connectivity index (χ0n) is 14.7. The Morgan fingerprint density at radius 1 is 1.20 bits per heavy atom. The highest BCUT2D eigenvalue weighted by Crippen LogP contribution is 2.21. The number of hydrogen-bond acceptors (Lipinski definition) is 4. The molecule has 2 aromatic carbocycles. The second-order valence-electron chi connectivity index (χ2n) is 6.40. The van der Waals surface area contributed by atoms with Gasteiger partial charge in [0.2, 0.25) is 0 Å². The van der Waals surface area contributed by atoms with Crippen LogP contribution in [0.25, 0.3) is 10.9 Å². The molecular formula is C20H22N2O3. The van der Waals surface area contributed by atoms with E-state index in [9.17, 15) is 4.79 Å². The molecule has 3 aromatic rings. The van der Waals surface area contributed by atoms with Crippen LogP contribution in [0.3, 0.4) is 0 Å². The fourth-order valence-electron chi connectivity index (χ4n) is 2.61. The lowest BCUT2D eigenvalue weighted by Crippen LogP contribution is -2.08. The van der Waals surface area contributed by atoms with Crippen molar-refractivity contribution in [2.75, 3.05) is 13.7 Å². The van der Waals surface area contributed by atoms with Crippen molar-refractivity contribution in [1.82, 2.24) is 9.78 Å². The van der Waals surface area contributed by atoms with Gasteiger partial charge in [0.1, 0.15) is 5.75 Å². The first-order valence-electron chi connectivity index (χ1n) is 8.33. The maximum absolute atomic E-state index is 11.7. The van der Waals surface area contributed by atoms with Crippen LogP contribution in [0, 0.1) is 5.92 Å². The minimum atomic E-state index is -0.345. The summed E-state index contributed by atoms with van der Waals surface area (Å²) in [5.41, 5.74) is 2.44. The Morgan fingerprint density at radius 2 is 2.00 bits per heavy atom. The summed E-state index contributed by atoms with van der Waals surface area (Å²) in [5.74, 6) is 1.00. The fourth-order valence-corrected chi connectivity index (χ4v) is 2.61. The van der Waals surface area contributed by atoms with Gasteiger partial charge >= 0.3 is 5.97 Å². The highest BCUT2D eigenvalue weighted by atomic mass is 16.5. The van der Waals surface area contributed by atoms with Crippen LogP contribution in [0.5, 0.6) is 5.75 Å². The molecule has 3 rings (SSSR count). The third-order valence-corrected chi connectivity index (χ3v) is 3.85. The van der Waals surface area contributed by atoms with E-state index >= 15 is 0 Å². The van der Waals surface area contributed by atoms with E-state index in [1.165, 1.54) is 7.11 Å². The average Bonchev–Trinajstić information content (AvgIpc) is 3.01. The molecule has 1 heterocycles. The summed E-state index contributed by atoms with van der Waals surface area (Å²) in [6.45, 7) is 5.54. The number of benzene rings is 2. The second-order valence-corrected chi connectivity index (χ2v) is 6.40. The van der Waals surface area contributed by atoms with Gasteiger partial charge in [-0.2, -0.15) is 5.10 Å². The van der Waals surface area contributed by atoms with Crippen LogP contribution < -0.4 is 4.74 Å². The van der Waals surface area contributed by atoms with E-state index in [2.05, 4.69) is 18.9 Å². The number of nitrogens with zero attached hydrogens (tertiary/aromatic N) is 2. The van der Waals surface area contributed by atoms with Crippen LogP contribution in [-0.4, -0.2) is 29.5 Å². The van der Waals surface area contributed by atoms with Crippen molar-refractivity contribution in [2.45, 2.75) is 20.4 Å². The summed E-state index contributed by atoms with van der Waals surface area (Å²) >= 11 is 0. The van der Waals surface area contributed by atoms with E-state index in [4.69, 9.17) is 9.47 Å². The summed E-state index contributed by atoms with van der Waals surface area (Å²) in [5, 5.41) is 5.49. The van der Waals surface area contributed by atoms with Gasteiger partial charge in [-0.25, -0.2) is 4.79 Å². The highest BCUT2D eigenvalue weighted by molar-refractivity contribution is 5.94. The lowest BCUT2D eigenvalue weighted by Gasteiger charge is -2.13. The van der Waals surface area contributed by atoms with Crippen molar-refractivity contribution in [3.05, 3.63) is 59.8 Å². The zero-order chi connectivity index (χ0) is 17.8. The molecule has 0 spiro atoms. The van der Waals surface area contributed by atoms with Crippen LogP contribution >= 0.6 is 0 Å². The molecule has 130 valence electrons. The van der Waals surface area contributed by atoms with Crippen molar-refractivity contribution < 1.29 is 14.3 Å². The number of carbonyl (C=O) groups excluding carboxylic acids is 1. The average molecular weight is 338 g/mol. The minimum Gasteiger partial charge on any atom is -0.493 e. The maximum atomic E-state index is 11.7. The van der Waals surface area contributed by atoms with Crippen LogP contribution in [0.15, 0.2) is 48.7 Å². The summed E-state index contributed by atoms with van der Waals surface area (Å²) in [6.07, 6.45) is 1.93. The molecule has 0 N–H and O–H groups in total. The molecule has 0 bridgehead atoms. The van der Waals surface area contributed by atoms with Crippen molar-refractivity contribution in [3.63, 3.8) is 0 Å². The number of rotatable bonds is 6. The number of esters is 1. The first-order valence-corrected chi connectivity index (χ1v) is 8.33. The largest absolute Gasteiger partial charge is 0.493 e. The van der Waals surface area contributed by atoms with Crippen molar-refractivity contribution in [2.24, 2.45) is 5.92 Å². The summed E-state index contributed by atoms with van der Waals surface area (Å²) in [6, 6.07) is 13.4. The minimum absolute atomic E-state index is 0.345. The molecule has 0 amide bonds. The molecular weight excluding hydrogens is 316 g/mol. The monoisotopic (exact) mass is 338 g/mol. The molecule has 1 aromatic heterocycles. The van der Waals surface area contributed by atoms with Crippen LogP contribution in [0.4, 0.5) is 0 Å². The zero-order valence-corrected chi connectivity index (χ0v) is 14.7. The van der Waals surface area contributed by atoms with E-state index in [0.717, 1.165) is 22.2 Å². The Bertz CT molecular complexity index is 884. The molecule has 0 aliphatic rings. The standard InChI is InChI=1S/C20H22N2O3/c1-14(2)13-25-19-7-5-4-6-16(19)11-22-12-17-10-15(20(23)24-3)8-9-18(17)21-22/h4-10,12,14H,11,13H2,1-3H3. The Labute approximate surface area is 147 Å². The molecule has 0 fully saturated rings. The predicted molar refractivity (Wildman–Crippen MR) is 96.9 cm³/mol. The number of para-hydroxylation sites is 1. The molecule has 0 aliphatic heterocycles. The molecule has 25 heavy (non-hydrogen) atoms. The van der Waals surface area contributed by atoms with E-state index in [0.29, 0.717) is 24.6 Å². The van der Waals surface area contributed by atoms with Gasteiger partial charge < -0.3 is 9.47 Å². The predicted octanol–water partition coefficient (Wildman–Crippen LogP) is 3.91. The number of aromatic nitrogens is 2. The maximum Gasteiger partial charge on any atom is 0.337 e. The number of ether oxygens (including phenoxy) is 2. The fraction of sp³-hybridized carbons (Fsp3) is 0.300.